The molecule has 3 aliphatic rings. The van der Waals surface area contributed by atoms with Crippen molar-refractivity contribution in [3.8, 4) is 17.5 Å². The summed E-state index contributed by atoms with van der Waals surface area (Å²) in [6, 6.07) is 12.9. The highest BCUT2D eigenvalue weighted by Crippen LogP contribution is 2.37. The fraction of sp³-hybridized carbons (Fsp3) is 0.346. The zero-order chi connectivity index (χ0) is 23.9. The van der Waals surface area contributed by atoms with E-state index in [0.29, 0.717) is 40.4 Å². The number of H-pyrrole nitrogens is 2. The molecular weight excluding hydrogens is 445 g/mol. The van der Waals surface area contributed by atoms with Gasteiger partial charge in [0.1, 0.15) is 17.2 Å². The molecule has 0 saturated carbocycles. The average Bonchev–Trinajstić information content (AvgIpc) is 3.29. The summed E-state index contributed by atoms with van der Waals surface area (Å²) < 4.78 is 15.2. The minimum atomic E-state index is -0.435. The highest BCUT2D eigenvalue weighted by molar-refractivity contribution is 6.00. The Labute approximate surface area is 201 Å². The number of nitriles is 1. The summed E-state index contributed by atoms with van der Waals surface area (Å²) in [6.45, 7) is 3.42. The smallest absolute Gasteiger partial charge is 0.261 e. The van der Waals surface area contributed by atoms with Gasteiger partial charge in [-0.3, -0.25) is 4.79 Å². The fourth-order valence-corrected chi connectivity index (χ4v) is 5.47. The van der Waals surface area contributed by atoms with Gasteiger partial charge >= 0.3 is 0 Å². The van der Waals surface area contributed by atoms with Crippen molar-refractivity contribution in [1.82, 2.24) is 19.9 Å². The second-order valence-electron chi connectivity index (χ2n) is 9.41. The monoisotopic (exact) mass is 471 g/mol. The minimum Gasteiger partial charge on any atom is -0.382 e. The van der Waals surface area contributed by atoms with Crippen molar-refractivity contribution in [3.63, 3.8) is 0 Å². The molecule has 0 spiro atoms. The summed E-state index contributed by atoms with van der Waals surface area (Å²) in [5, 5.41) is 16.0. The molecule has 3 aliphatic heterocycles. The lowest BCUT2D eigenvalue weighted by atomic mass is 9.83. The zero-order valence-electron chi connectivity index (χ0n) is 19.2. The molecule has 4 N–H and O–H groups in total. The van der Waals surface area contributed by atoms with Gasteiger partial charge in [-0.2, -0.15) is 5.26 Å². The molecule has 4 aromatic rings. The van der Waals surface area contributed by atoms with Gasteiger partial charge in [-0.05, 0) is 56.1 Å². The Bertz CT molecular complexity index is 1480. The van der Waals surface area contributed by atoms with Gasteiger partial charge in [0.2, 0.25) is 0 Å². The number of pyridine rings is 1. The average molecular weight is 472 g/mol. The third-order valence-electron chi connectivity index (χ3n) is 7.27. The number of aromatic nitrogens is 3. The molecule has 2 bridgehead atoms. The van der Waals surface area contributed by atoms with Crippen molar-refractivity contribution in [2.45, 2.75) is 25.3 Å². The Hall–Kier alpha value is -3.90. The van der Waals surface area contributed by atoms with Crippen molar-refractivity contribution in [3.05, 3.63) is 52.6 Å². The first-order valence-electron chi connectivity index (χ1n) is 12.0. The molecule has 3 fully saturated rings. The first-order valence-corrected chi connectivity index (χ1v) is 12.0. The van der Waals surface area contributed by atoms with Gasteiger partial charge in [-0.15, -0.1) is 0 Å². The van der Waals surface area contributed by atoms with Crippen molar-refractivity contribution >= 4 is 33.3 Å². The Morgan fingerprint density at radius 3 is 2.74 bits per heavy atom. The molecule has 0 amide bonds. The predicted molar refractivity (Wildman–Crippen MR) is 135 cm³/mol. The van der Waals surface area contributed by atoms with Gasteiger partial charge in [0, 0.05) is 24.5 Å². The molecule has 178 valence electrons. The van der Waals surface area contributed by atoms with E-state index in [1.54, 1.807) is 6.07 Å². The van der Waals surface area contributed by atoms with Crippen LogP contribution in [0.4, 0.5) is 15.8 Å². The summed E-state index contributed by atoms with van der Waals surface area (Å²) in [7, 11) is 0. The van der Waals surface area contributed by atoms with Crippen LogP contribution >= 0.6 is 0 Å². The molecule has 8 nitrogen and oxygen atoms in total. The van der Waals surface area contributed by atoms with Crippen molar-refractivity contribution in [2.75, 3.05) is 36.8 Å². The van der Waals surface area contributed by atoms with Crippen LogP contribution in [-0.2, 0) is 0 Å². The van der Waals surface area contributed by atoms with Gasteiger partial charge in [-0.25, -0.2) is 9.37 Å². The summed E-state index contributed by atoms with van der Waals surface area (Å²) in [6.07, 6.45) is 2.48. The molecule has 7 rings (SSSR count). The number of halogens is 1. The first-order chi connectivity index (χ1) is 17.1. The Morgan fingerprint density at radius 1 is 1.17 bits per heavy atom. The van der Waals surface area contributed by atoms with E-state index in [4.69, 9.17) is 5.26 Å². The van der Waals surface area contributed by atoms with Crippen molar-refractivity contribution < 1.29 is 4.39 Å². The summed E-state index contributed by atoms with van der Waals surface area (Å²) >= 11 is 0. The van der Waals surface area contributed by atoms with E-state index in [1.165, 1.54) is 6.07 Å². The van der Waals surface area contributed by atoms with Crippen LogP contribution < -0.4 is 16.2 Å². The number of imidazole rings is 1. The van der Waals surface area contributed by atoms with Crippen LogP contribution in [0.25, 0.3) is 33.3 Å². The topological polar surface area (TPSA) is 113 Å². The van der Waals surface area contributed by atoms with E-state index in [0.717, 1.165) is 43.5 Å². The number of para-hydroxylation sites is 2. The molecule has 3 saturated heterocycles. The fourth-order valence-electron chi connectivity index (χ4n) is 5.47. The van der Waals surface area contributed by atoms with Crippen LogP contribution in [0.3, 0.4) is 0 Å². The largest absolute Gasteiger partial charge is 0.382 e. The van der Waals surface area contributed by atoms with Gasteiger partial charge in [0.05, 0.1) is 40.4 Å². The van der Waals surface area contributed by atoms with Crippen molar-refractivity contribution in [2.24, 2.45) is 5.92 Å². The number of anilines is 2. The van der Waals surface area contributed by atoms with Crippen LogP contribution in [0.15, 0.2) is 41.2 Å². The van der Waals surface area contributed by atoms with Crippen LogP contribution in [0, 0.1) is 23.1 Å². The second-order valence-corrected chi connectivity index (χ2v) is 9.41. The van der Waals surface area contributed by atoms with E-state index in [9.17, 15) is 4.79 Å². The standard InChI is InChI=1S/C26H26FN7O/c27-17-12-16-20(13-21(17)29-9-3-8-28)33-26(35)23(25-31-18-4-1-2-5-19(18)32-25)24(16)30-22-14-34-10-6-15(22)7-11-34/h1-2,4-5,12-13,15,22,29H,3,6-7,9-11,14H2,(H,31,32)(H2,30,33,35)/t22-/m0/s1. The number of nitrogens with zero attached hydrogens (tertiary/aromatic N) is 3. The molecule has 0 aliphatic carbocycles. The van der Waals surface area contributed by atoms with Crippen LogP contribution in [0.5, 0.6) is 0 Å². The van der Waals surface area contributed by atoms with Crippen LogP contribution in [0.2, 0.25) is 0 Å². The van der Waals surface area contributed by atoms with Gasteiger partial charge < -0.3 is 25.5 Å². The third-order valence-corrected chi connectivity index (χ3v) is 7.27. The van der Waals surface area contributed by atoms with Gasteiger partial charge in [-0.1, -0.05) is 12.1 Å². The number of fused-ring (bicyclic) bond motifs is 5. The van der Waals surface area contributed by atoms with Gasteiger partial charge in [0.15, 0.2) is 0 Å². The Kier molecular flexibility index (Phi) is 5.38. The maximum absolute atomic E-state index is 15.2. The Balaban J connectivity index is 1.51. The molecular formula is C26H26FN7O. The molecule has 35 heavy (non-hydrogen) atoms. The zero-order valence-corrected chi connectivity index (χ0v) is 19.2. The summed E-state index contributed by atoms with van der Waals surface area (Å²) in [5.74, 6) is 0.527. The maximum Gasteiger partial charge on any atom is 0.261 e. The normalized spacial score (nSPS) is 21.3. The van der Waals surface area contributed by atoms with E-state index in [1.807, 2.05) is 30.3 Å². The lowest BCUT2D eigenvalue weighted by Gasteiger charge is -2.45. The third kappa shape index (κ3) is 3.90. The van der Waals surface area contributed by atoms with E-state index in [2.05, 4.69) is 30.5 Å². The summed E-state index contributed by atoms with van der Waals surface area (Å²) in [4.78, 5) is 26.8. The lowest BCUT2D eigenvalue weighted by Crippen LogP contribution is -2.53. The quantitative estimate of drug-likeness (QED) is 0.316. The number of hydrogen-bond donors (Lipinski definition) is 4. The SMILES string of the molecule is N#CCCNc1cc2[nH]c(=O)c(-c3nc4ccccc4[nH]3)c(N[C@H]3CN4CCC3CC4)c2cc1F. The molecule has 2 aromatic heterocycles. The highest BCUT2D eigenvalue weighted by Gasteiger charge is 2.35. The molecule has 1 atom stereocenters. The molecule has 2 aromatic carbocycles. The highest BCUT2D eigenvalue weighted by atomic mass is 19.1. The molecule has 9 heteroatoms. The number of benzene rings is 2. The number of aromatic amines is 2. The molecule has 0 unspecified atom stereocenters. The second kappa shape index (κ2) is 8.71. The van der Waals surface area contributed by atoms with Gasteiger partial charge in [0.25, 0.3) is 5.56 Å². The van der Waals surface area contributed by atoms with E-state index >= 15 is 4.39 Å². The minimum absolute atomic E-state index is 0.169. The molecule has 5 heterocycles. The number of nitrogens with one attached hydrogen (secondary N) is 4. The Morgan fingerprint density at radius 2 is 2.00 bits per heavy atom. The number of piperidine rings is 3. The van der Waals surface area contributed by atoms with Crippen LogP contribution in [-0.4, -0.2) is 52.1 Å². The number of hydrogen-bond acceptors (Lipinski definition) is 6. The maximum atomic E-state index is 15.2. The van der Waals surface area contributed by atoms with E-state index in [-0.39, 0.29) is 23.7 Å². The lowest BCUT2D eigenvalue weighted by molar-refractivity contribution is 0.0976. The summed E-state index contributed by atoms with van der Waals surface area (Å²) in [5.41, 5.74) is 3.07. The van der Waals surface area contributed by atoms with E-state index < -0.39 is 5.82 Å². The first kappa shape index (κ1) is 21.6. The molecule has 0 radical (unpaired) electrons. The predicted octanol–water partition coefficient (Wildman–Crippen LogP) is 4.04. The number of rotatable bonds is 6. The van der Waals surface area contributed by atoms with Crippen molar-refractivity contribution in [1.29, 1.82) is 5.26 Å². The van der Waals surface area contributed by atoms with Crippen LogP contribution in [0.1, 0.15) is 19.3 Å².